The molecule has 3 rings (SSSR count). The molecule has 100 valence electrons. The highest BCUT2D eigenvalue weighted by molar-refractivity contribution is 5.98. The van der Waals surface area contributed by atoms with E-state index in [1.807, 2.05) is 67.1 Å². The second-order valence-electron chi connectivity index (χ2n) is 4.99. The Morgan fingerprint density at radius 2 is 1.80 bits per heavy atom. The summed E-state index contributed by atoms with van der Waals surface area (Å²) in [6.45, 7) is 1.96. The van der Waals surface area contributed by atoms with E-state index in [9.17, 15) is 4.79 Å². The molecule has 3 heteroatoms. The van der Waals surface area contributed by atoms with Crippen LogP contribution in [0.2, 0.25) is 0 Å². The molecule has 0 fully saturated rings. The van der Waals surface area contributed by atoms with Crippen molar-refractivity contribution < 1.29 is 4.79 Å². The van der Waals surface area contributed by atoms with Crippen molar-refractivity contribution in [3.8, 4) is 0 Å². The van der Waals surface area contributed by atoms with E-state index in [2.05, 4.69) is 4.98 Å². The van der Waals surface area contributed by atoms with E-state index in [0.717, 1.165) is 28.0 Å². The standard InChI is InChI=1S/C17H16N2O/c1-12-7-3-4-8-13(12)16(20)11-17-18-14-9-5-6-10-15(14)19(17)2/h3-10H,11H2,1-2H3. The zero-order valence-corrected chi connectivity index (χ0v) is 11.6. The number of hydrogen-bond acceptors (Lipinski definition) is 2. The van der Waals surface area contributed by atoms with Crippen LogP contribution in [0.5, 0.6) is 0 Å². The van der Waals surface area contributed by atoms with Crippen LogP contribution in [-0.4, -0.2) is 15.3 Å². The molecule has 0 N–H and O–H groups in total. The van der Waals surface area contributed by atoms with Crippen LogP contribution in [0, 0.1) is 6.92 Å². The molecule has 0 radical (unpaired) electrons. The lowest BCUT2D eigenvalue weighted by Gasteiger charge is -2.05. The van der Waals surface area contributed by atoms with Crippen LogP contribution in [0.15, 0.2) is 48.5 Å². The van der Waals surface area contributed by atoms with E-state index in [-0.39, 0.29) is 5.78 Å². The van der Waals surface area contributed by atoms with Gasteiger partial charge in [0.2, 0.25) is 0 Å². The Hall–Kier alpha value is -2.42. The first kappa shape index (κ1) is 12.6. The van der Waals surface area contributed by atoms with Gasteiger partial charge in [0.05, 0.1) is 17.5 Å². The Bertz CT molecular complexity index is 787. The predicted molar refractivity (Wildman–Crippen MR) is 79.9 cm³/mol. The minimum atomic E-state index is 0.113. The van der Waals surface area contributed by atoms with Gasteiger partial charge in [0.15, 0.2) is 5.78 Å². The number of aromatic nitrogens is 2. The Labute approximate surface area is 117 Å². The average Bonchev–Trinajstić information content (AvgIpc) is 2.76. The van der Waals surface area contributed by atoms with E-state index in [1.165, 1.54) is 0 Å². The lowest BCUT2D eigenvalue weighted by molar-refractivity contribution is 0.0989. The number of benzene rings is 2. The van der Waals surface area contributed by atoms with Crippen molar-refractivity contribution in [2.24, 2.45) is 7.05 Å². The largest absolute Gasteiger partial charge is 0.331 e. The minimum absolute atomic E-state index is 0.113. The van der Waals surface area contributed by atoms with Gasteiger partial charge in [0.25, 0.3) is 0 Å². The summed E-state index contributed by atoms with van der Waals surface area (Å²) in [5, 5.41) is 0. The number of hydrogen-bond donors (Lipinski definition) is 0. The molecule has 0 bridgehead atoms. The summed E-state index contributed by atoms with van der Waals surface area (Å²) in [5.74, 6) is 0.918. The van der Waals surface area contributed by atoms with E-state index >= 15 is 0 Å². The van der Waals surface area contributed by atoms with E-state index < -0.39 is 0 Å². The fourth-order valence-electron chi connectivity index (χ4n) is 2.48. The molecule has 0 spiro atoms. The maximum atomic E-state index is 12.4. The number of Topliss-reactive ketones (excluding diaryl/α,β-unsaturated/α-hetero) is 1. The number of nitrogens with zero attached hydrogens (tertiary/aromatic N) is 2. The molecular formula is C17H16N2O. The molecular weight excluding hydrogens is 248 g/mol. The van der Waals surface area contributed by atoms with Gasteiger partial charge >= 0.3 is 0 Å². The molecule has 1 heterocycles. The minimum Gasteiger partial charge on any atom is -0.331 e. The van der Waals surface area contributed by atoms with Gasteiger partial charge in [0, 0.05) is 12.6 Å². The number of ketones is 1. The maximum absolute atomic E-state index is 12.4. The Morgan fingerprint density at radius 3 is 2.55 bits per heavy atom. The summed E-state index contributed by atoms with van der Waals surface area (Å²) in [7, 11) is 1.95. The third-order valence-corrected chi connectivity index (χ3v) is 3.64. The van der Waals surface area contributed by atoms with Gasteiger partial charge in [-0.15, -0.1) is 0 Å². The fourth-order valence-corrected chi connectivity index (χ4v) is 2.48. The van der Waals surface area contributed by atoms with Gasteiger partial charge in [-0.3, -0.25) is 4.79 Å². The van der Waals surface area contributed by atoms with Gasteiger partial charge in [-0.1, -0.05) is 36.4 Å². The van der Waals surface area contributed by atoms with Crippen molar-refractivity contribution in [2.45, 2.75) is 13.3 Å². The Balaban J connectivity index is 1.96. The Morgan fingerprint density at radius 1 is 1.10 bits per heavy atom. The highest BCUT2D eigenvalue weighted by Gasteiger charge is 2.14. The topological polar surface area (TPSA) is 34.9 Å². The normalized spacial score (nSPS) is 10.9. The van der Waals surface area contributed by atoms with E-state index in [0.29, 0.717) is 6.42 Å². The molecule has 0 amide bonds. The number of fused-ring (bicyclic) bond motifs is 1. The SMILES string of the molecule is Cc1ccccc1C(=O)Cc1nc2ccccc2n1C. The number of imidazole rings is 1. The molecule has 3 aromatic rings. The molecule has 0 atom stereocenters. The third-order valence-electron chi connectivity index (χ3n) is 3.64. The van der Waals surface area contributed by atoms with Crippen LogP contribution < -0.4 is 0 Å². The van der Waals surface area contributed by atoms with Crippen LogP contribution in [0.25, 0.3) is 11.0 Å². The molecule has 0 aliphatic rings. The zero-order valence-electron chi connectivity index (χ0n) is 11.6. The van der Waals surface area contributed by atoms with Gasteiger partial charge in [0.1, 0.15) is 5.82 Å². The molecule has 20 heavy (non-hydrogen) atoms. The van der Waals surface area contributed by atoms with Crippen molar-refractivity contribution in [3.63, 3.8) is 0 Å². The molecule has 2 aromatic carbocycles. The van der Waals surface area contributed by atoms with Crippen LogP contribution in [0.1, 0.15) is 21.7 Å². The van der Waals surface area contributed by atoms with Crippen molar-refractivity contribution in [1.29, 1.82) is 0 Å². The summed E-state index contributed by atoms with van der Waals surface area (Å²) in [6.07, 6.45) is 0.329. The van der Waals surface area contributed by atoms with Gasteiger partial charge in [-0.2, -0.15) is 0 Å². The first-order valence-corrected chi connectivity index (χ1v) is 6.66. The maximum Gasteiger partial charge on any atom is 0.170 e. The number of rotatable bonds is 3. The lowest BCUT2D eigenvalue weighted by Crippen LogP contribution is -2.09. The third kappa shape index (κ3) is 2.11. The summed E-state index contributed by atoms with van der Waals surface area (Å²) in [4.78, 5) is 17.0. The average molecular weight is 264 g/mol. The molecule has 0 aliphatic heterocycles. The Kier molecular flexibility index (Phi) is 3.11. The van der Waals surface area contributed by atoms with Crippen LogP contribution >= 0.6 is 0 Å². The molecule has 3 nitrogen and oxygen atoms in total. The van der Waals surface area contributed by atoms with E-state index in [4.69, 9.17) is 0 Å². The van der Waals surface area contributed by atoms with Gasteiger partial charge in [-0.25, -0.2) is 4.98 Å². The second kappa shape index (κ2) is 4.93. The number of aryl methyl sites for hydroxylation is 2. The van der Waals surface area contributed by atoms with Crippen LogP contribution in [-0.2, 0) is 13.5 Å². The van der Waals surface area contributed by atoms with Crippen molar-refractivity contribution in [2.75, 3.05) is 0 Å². The summed E-state index contributed by atoms with van der Waals surface area (Å²) in [5.41, 5.74) is 3.78. The molecule has 0 saturated heterocycles. The van der Waals surface area contributed by atoms with Crippen LogP contribution in [0.4, 0.5) is 0 Å². The van der Waals surface area contributed by atoms with Crippen molar-refractivity contribution in [1.82, 2.24) is 9.55 Å². The van der Waals surface area contributed by atoms with Crippen molar-refractivity contribution >= 4 is 16.8 Å². The molecule has 0 unspecified atom stereocenters. The first-order valence-electron chi connectivity index (χ1n) is 6.66. The summed E-state index contributed by atoms with van der Waals surface area (Å²) < 4.78 is 1.99. The lowest BCUT2D eigenvalue weighted by atomic mass is 10.0. The quantitative estimate of drug-likeness (QED) is 0.680. The zero-order chi connectivity index (χ0) is 14.1. The molecule has 0 aliphatic carbocycles. The highest BCUT2D eigenvalue weighted by atomic mass is 16.1. The summed E-state index contributed by atoms with van der Waals surface area (Å²) >= 11 is 0. The van der Waals surface area contributed by atoms with Gasteiger partial charge < -0.3 is 4.57 Å². The summed E-state index contributed by atoms with van der Waals surface area (Å²) in [6, 6.07) is 15.6. The smallest absolute Gasteiger partial charge is 0.170 e. The number of para-hydroxylation sites is 2. The highest BCUT2D eigenvalue weighted by Crippen LogP contribution is 2.17. The van der Waals surface area contributed by atoms with Gasteiger partial charge in [-0.05, 0) is 24.6 Å². The monoisotopic (exact) mass is 264 g/mol. The number of carbonyl (C=O) groups excluding carboxylic acids is 1. The second-order valence-corrected chi connectivity index (χ2v) is 4.99. The van der Waals surface area contributed by atoms with Crippen molar-refractivity contribution in [3.05, 3.63) is 65.5 Å². The predicted octanol–water partition coefficient (Wildman–Crippen LogP) is 3.31. The van der Waals surface area contributed by atoms with Crippen LogP contribution in [0.3, 0.4) is 0 Å². The fraction of sp³-hybridized carbons (Fsp3) is 0.176. The first-order chi connectivity index (χ1) is 9.66. The molecule has 1 aromatic heterocycles. The van der Waals surface area contributed by atoms with E-state index in [1.54, 1.807) is 0 Å². The molecule has 0 saturated carbocycles. The number of carbonyl (C=O) groups is 1.